The lowest BCUT2D eigenvalue weighted by Gasteiger charge is -2.26. The summed E-state index contributed by atoms with van der Waals surface area (Å²) in [6.07, 6.45) is 6.11. The van der Waals surface area contributed by atoms with E-state index < -0.39 is 5.60 Å². The summed E-state index contributed by atoms with van der Waals surface area (Å²) in [4.78, 5) is 0. The van der Waals surface area contributed by atoms with E-state index in [9.17, 15) is 5.11 Å². The molecule has 0 saturated heterocycles. The van der Waals surface area contributed by atoms with E-state index in [4.69, 9.17) is 4.74 Å². The van der Waals surface area contributed by atoms with Crippen molar-refractivity contribution in [2.24, 2.45) is 23.2 Å². The fraction of sp³-hybridized carbons (Fsp3) is 1.00. The summed E-state index contributed by atoms with van der Waals surface area (Å²) < 4.78 is 5.95. The van der Waals surface area contributed by atoms with E-state index >= 15 is 0 Å². The topological polar surface area (TPSA) is 29.5 Å². The van der Waals surface area contributed by atoms with Gasteiger partial charge in [0.05, 0.1) is 11.2 Å². The highest BCUT2D eigenvalue weighted by Crippen LogP contribution is 2.87. The van der Waals surface area contributed by atoms with Crippen molar-refractivity contribution in [1.82, 2.24) is 0 Å². The van der Waals surface area contributed by atoms with Gasteiger partial charge in [-0.15, -0.1) is 0 Å². The molecule has 15 heavy (non-hydrogen) atoms. The zero-order valence-corrected chi connectivity index (χ0v) is 9.62. The highest BCUT2D eigenvalue weighted by Gasteiger charge is 2.90. The van der Waals surface area contributed by atoms with Crippen LogP contribution in [0.25, 0.3) is 0 Å². The van der Waals surface area contributed by atoms with E-state index in [0.717, 1.165) is 18.3 Å². The fourth-order valence-corrected chi connectivity index (χ4v) is 6.14. The minimum absolute atomic E-state index is 0.207. The molecule has 2 nitrogen and oxygen atoms in total. The van der Waals surface area contributed by atoms with Gasteiger partial charge < -0.3 is 9.84 Å². The van der Waals surface area contributed by atoms with E-state index in [0.29, 0.717) is 11.3 Å². The summed E-state index contributed by atoms with van der Waals surface area (Å²) in [5, 5.41) is 10.5. The third kappa shape index (κ3) is 0.632. The first-order valence-electron chi connectivity index (χ1n) is 6.37. The molecule has 0 aromatic carbocycles. The van der Waals surface area contributed by atoms with Crippen LogP contribution >= 0.6 is 0 Å². The number of methoxy groups -OCH3 is 1. The van der Waals surface area contributed by atoms with E-state index in [1.54, 1.807) is 0 Å². The maximum Gasteiger partial charge on any atom is 0.0804 e. The lowest BCUT2D eigenvalue weighted by atomic mass is 9.84. The molecule has 0 aromatic heterocycles. The standard InChI is InChI=1S/C13H20O2/c1-11(14)5-6-12-9-4-3-8(7-10(11)12)13(9,12)15-2/h8-10,14H,3-7H2,1-2H3/t8-,9?,10+,11+,12?,13-/m0/s1. The number of ether oxygens (including phenoxy) is 1. The molecule has 0 heterocycles. The van der Waals surface area contributed by atoms with Gasteiger partial charge in [-0.05, 0) is 56.8 Å². The quantitative estimate of drug-likeness (QED) is 0.714. The van der Waals surface area contributed by atoms with Crippen LogP contribution in [0.2, 0.25) is 0 Å². The Morgan fingerprint density at radius 3 is 2.67 bits per heavy atom. The Bertz CT molecular complexity index is 337. The van der Waals surface area contributed by atoms with Crippen LogP contribution in [0.15, 0.2) is 0 Å². The number of hydrogen-bond acceptors (Lipinski definition) is 2. The van der Waals surface area contributed by atoms with Gasteiger partial charge in [0.1, 0.15) is 0 Å². The van der Waals surface area contributed by atoms with Gasteiger partial charge in [0.15, 0.2) is 0 Å². The third-order valence-corrected chi connectivity index (χ3v) is 6.47. The third-order valence-electron chi connectivity index (χ3n) is 6.47. The molecule has 4 aliphatic carbocycles. The number of hydrogen-bond donors (Lipinski definition) is 1. The monoisotopic (exact) mass is 208 g/mol. The van der Waals surface area contributed by atoms with Crippen molar-refractivity contribution in [3.63, 3.8) is 0 Å². The highest BCUT2D eigenvalue weighted by molar-refractivity contribution is 5.39. The molecule has 4 rings (SSSR count). The summed E-state index contributed by atoms with van der Waals surface area (Å²) in [7, 11) is 1.90. The second-order valence-corrected chi connectivity index (χ2v) is 6.51. The number of aliphatic hydroxyl groups is 1. The molecule has 0 bridgehead atoms. The van der Waals surface area contributed by atoms with Crippen LogP contribution in [0.1, 0.15) is 39.0 Å². The van der Waals surface area contributed by atoms with Crippen LogP contribution in [0.4, 0.5) is 0 Å². The molecule has 0 radical (unpaired) electrons. The lowest BCUT2D eigenvalue weighted by molar-refractivity contribution is 0.00481. The molecule has 2 unspecified atom stereocenters. The molecule has 0 amide bonds. The Kier molecular flexibility index (Phi) is 1.29. The van der Waals surface area contributed by atoms with Crippen molar-refractivity contribution >= 4 is 0 Å². The van der Waals surface area contributed by atoms with Gasteiger partial charge in [0.2, 0.25) is 0 Å². The predicted octanol–water partition coefficient (Wildman–Crippen LogP) is 1.96. The Hall–Kier alpha value is -0.0800. The van der Waals surface area contributed by atoms with E-state index in [1.165, 1.54) is 25.7 Å². The van der Waals surface area contributed by atoms with E-state index in [2.05, 4.69) is 6.92 Å². The van der Waals surface area contributed by atoms with E-state index in [-0.39, 0.29) is 5.60 Å². The van der Waals surface area contributed by atoms with Crippen LogP contribution in [-0.2, 0) is 4.74 Å². The summed E-state index contributed by atoms with van der Waals surface area (Å²) in [5.74, 6) is 2.07. The molecule has 0 aliphatic heterocycles. The van der Waals surface area contributed by atoms with Crippen molar-refractivity contribution in [2.75, 3.05) is 7.11 Å². The maximum atomic E-state index is 10.5. The van der Waals surface area contributed by atoms with Crippen molar-refractivity contribution in [1.29, 1.82) is 0 Å². The Morgan fingerprint density at radius 1 is 1.20 bits per heavy atom. The Labute approximate surface area is 91.0 Å². The summed E-state index contributed by atoms with van der Waals surface area (Å²) in [5.41, 5.74) is 0.198. The molecule has 6 atom stereocenters. The molecular formula is C13H20O2. The normalized spacial score (nSPS) is 69.4. The minimum atomic E-state index is -0.405. The summed E-state index contributed by atoms with van der Waals surface area (Å²) in [6.45, 7) is 2.05. The molecule has 4 fully saturated rings. The SMILES string of the molecule is CO[C@]12C3CC[C@H]1C[C@H]1C32CC[C@@]1(C)O. The zero-order valence-electron chi connectivity index (χ0n) is 9.62. The second kappa shape index (κ2) is 2.14. The van der Waals surface area contributed by atoms with Crippen molar-refractivity contribution in [2.45, 2.75) is 50.2 Å². The van der Waals surface area contributed by atoms with Gasteiger partial charge in [-0.3, -0.25) is 0 Å². The van der Waals surface area contributed by atoms with Gasteiger partial charge in [-0.25, -0.2) is 0 Å². The van der Waals surface area contributed by atoms with E-state index in [1.807, 2.05) is 7.11 Å². The van der Waals surface area contributed by atoms with Crippen molar-refractivity contribution < 1.29 is 9.84 Å². The average molecular weight is 208 g/mol. The highest BCUT2D eigenvalue weighted by atomic mass is 16.5. The summed E-state index contributed by atoms with van der Waals surface area (Å²) >= 11 is 0. The zero-order chi connectivity index (χ0) is 10.5. The van der Waals surface area contributed by atoms with Crippen LogP contribution in [0.5, 0.6) is 0 Å². The van der Waals surface area contributed by atoms with Gasteiger partial charge in [0.25, 0.3) is 0 Å². The molecule has 2 heteroatoms. The molecule has 4 aliphatic rings. The first-order chi connectivity index (χ1) is 7.09. The van der Waals surface area contributed by atoms with Gasteiger partial charge >= 0.3 is 0 Å². The first-order valence-corrected chi connectivity index (χ1v) is 6.37. The molecule has 4 saturated carbocycles. The summed E-state index contributed by atoms with van der Waals surface area (Å²) in [6, 6.07) is 0. The molecular weight excluding hydrogens is 188 g/mol. The van der Waals surface area contributed by atoms with Crippen LogP contribution < -0.4 is 0 Å². The van der Waals surface area contributed by atoms with Crippen LogP contribution in [0, 0.1) is 23.2 Å². The predicted molar refractivity (Wildman–Crippen MR) is 56.4 cm³/mol. The molecule has 84 valence electrons. The first kappa shape index (κ1) is 9.00. The van der Waals surface area contributed by atoms with Crippen LogP contribution in [0.3, 0.4) is 0 Å². The smallest absolute Gasteiger partial charge is 0.0804 e. The molecule has 0 aromatic rings. The maximum absolute atomic E-state index is 10.5. The Balaban J connectivity index is 1.84. The fourth-order valence-electron chi connectivity index (χ4n) is 6.14. The van der Waals surface area contributed by atoms with Gasteiger partial charge in [-0.2, -0.15) is 0 Å². The Morgan fingerprint density at radius 2 is 2.00 bits per heavy atom. The molecule has 1 N–H and O–H groups in total. The van der Waals surface area contributed by atoms with Gasteiger partial charge in [0, 0.05) is 12.5 Å². The second-order valence-electron chi connectivity index (χ2n) is 6.51. The number of rotatable bonds is 1. The lowest BCUT2D eigenvalue weighted by Crippen LogP contribution is -2.31. The van der Waals surface area contributed by atoms with Gasteiger partial charge in [-0.1, -0.05) is 0 Å². The average Bonchev–Trinajstić information content (AvgIpc) is 2.42. The molecule has 1 spiro atoms. The van der Waals surface area contributed by atoms with Crippen LogP contribution in [-0.4, -0.2) is 23.4 Å². The van der Waals surface area contributed by atoms with Crippen molar-refractivity contribution in [3.05, 3.63) is 0 Å². The van der Waals surface area contributed by atoms with Crippen molar-refractivity contribution in [3.8, 4) is 0 Å². The largest absolute Gasteiger partial charge is 0.390 e. The minimum Gasteiger partial charge on any atom is -0.390 e.